The third-order valence-electron chi connectivity index (χ3n) is 5.91. The minimum atomic E-state index is 0.385. The molecule has 0 aliphatic carbocycles. The van der Waals surface area contributed by atoms with Gasteiger partial charge in [-0.25, -0.2) is 0 Å². The summed E-state index contributed by atoms with van der Waals surface area (Å²) >= 11 is 0. The van der Waals surface area contributed by atoms with Crippen molar-refractivity contribution in [1.82, 2.24) is 5.32 Å². The first-order valence-electron chi connectivity index (χ1n) is 11.0. The van der Waals surface area contributed by atoms with Gasteiger partial charge in [0.05, 0.1) is 0 Å². The highest BCUT2D eigenvalue weighted by molar-refractivity contribution is 5.43. The lowest BCUT2D eigenvalue weighted by molar-refractivity contribution is 0.284. The fraction of sp³-hybridized carbons (Fsp3) is 0.448. The fourth-order valence-corrected chi connectivity index (χ4v) is 3.08. The molecule has 1 heteroatoms. The minimum absolute atomic E-state index is 0.385. The second-order valence-corrected chi connectivity index (χ2v) is 9.14. The van der Waals surface area contributed by atoms with E-state index in [0.29, 0.717) is 11.3 Å². The SMILES string of the molecule is C=C/C(NC(=C)C(=C)\C=C/C(C)=C(C)/C=C(\C)C(C)CC(C)(C)CC)=C(C)\C=C/C. The van der Waals surface area contributed by atoms with Crippen molar-refractivity contribution in [3.05, 3.63) is 95.5 Å². The summed E-state index contributed by atoms with van der Waals surface area (Å²) in [4.78, 5) is 0. The Hall–Kier alpha value is -2.28. The summed E-state index contributed by atoms with van der Waals surface area (Å²) < 4.78 is 0. The molecule has 1 atom stereocenters. The van der Waals surface area contributed by atoms with E-state index in [1.807, 2.05) is 32.1 Å². The van der Waals surface area contributed by atoms with Crippen molar-refractivity contribution in [2.45, 2.75) is 75.2 Å². The predicted molar refractivity (Wildman–Crippen MR) is 138 cm³/mol. The molecule has 0 rings (SSSR count). The quantitative estimate of drug-likeness (QED) is 0.318. The summed E-state index contributed by atoms with van der Waals surface area (Å²) in [7, 11) is 0. The smallest absolute Gasteiger partial charge is 0.0407 e. The van der Waals surface area contributed by atoms with E-state index in [4.69, 9.17) is 0 Å². The molecular formula is C29H45N. The zero-order valence-electron chi connectivity index (χ0n) is 21.1. The summed E-state index contributed by atoms with van der Waals surface area (Å²) in [5, 5.41) is 3.32. The van der Waals surface area contributed by atoms with Gasteiger partial charge in [0.2, 0.25) is 0 Å². The van der Waals surface area contributed by atoms with Crippen molar-refractivity contribution in [2.24, 2.45) is 11.3 Å². The zero-order chi connectivity index (χ0) is 23.5. The third kappa shape index (κ3) is 9.96. The normalized spacial score (nSPS) is 15.7. The molecule has 1 N–H and O–H groups in total. The molecular weight excluding hydrogens is 362 g/mol. The van der Waals surface area contributed by atoms with E-state index >= 15 is 0 Å². The number of allylic oxidation sites excluding steroid dienone is 10. The molecule has 1 unspecified atom stereocenters. The van der Waals surface area contributed by atoms with Crippen LogP contribution in [0.3, 0.4) is 0 Å². The summed E-state index contributed by atoms with van der Waals surface area (Å²) in [6.07, 6.45) is 14.7. The number of hydrogen-bond donors (Lipinski definition) is 1. The standard InChI is InChI=1S/C29H45N/c1-13-16-23(6)28(14-2)30-27(10)22(5)18-17-21(4)24(7)19-25(8)26(9)20-29(11,12)15-3/h13-14,16-19,26,30H,2,5,10,15,20H2,1,3-4,6-9,11-12H3/b16-13-,18-17-,24-21+,25-19+,28-23+. The Balaban J connectivity index is 5.28. The molecule has 0 aliphatic rings. The van der Waals surface area contributed by atoms with Crippen LogP contribution in [0, 0.1) is 11.3 Å². The molecule has 166 valence electrons. The number of rotatable bonds is 12. The molecule has 0 aromatic heterocycles. The first-order chi connectivity index (χ1) is 13.9. The topological polar surface area (TPSA) is 12.0 Å². The van der Waals surface area contributed by atoms with Crippen molar-refractivity contribution >= 4 is 0 Å². The summed E-state index contributed by atoms with van der Waals surface area (Å²) in [5.74, 6) is 0.579. The fourth-order valence-electron chi connectivity index (χ4n) is 3.08. The van der Waals surface area contributed by atoms with Crippen molar-refractivity contribution < 1.29 is 0 Å². The van der Waals surface area contributed by atoms with Crippen molar-refractivity contribution in [3.63, 3.8) is 0 Å². The van der Waals surface area contributed by atoms with E-state index in [0.717, 1.165) is 22.5 Å². The van der Waals surface area contributed by atoms with Crippen LogP contribution in [0.1, 0.15) is 75.2 Å². The molecule has 0 saturated heterocycles. The van der Waals surface area contributed by atoms with E-state index in [1.165, 1.54) is 29.6 Å². The Kier molecular flexibility index (Phi) is 12.1. The molecule has 0 aromatic carbocycles. The molecule has 0 radical (unpaired) electrons. The predicted octanol–water partition coefficient (Wildman–Crippen LogP) is 8.98. The number of nitrogens with one attached hydrogen (secondary N) is 1. The van der Waals surface area contributed by atoms with Gasteiger partial charge in [0.25, 0.3) is 0 Å². The molecule has 0 bridgehead atoms. The van der Waals surface area contributed by atoms with Crippen LogP contribution in [0.5, 0.6) is 0 Å². The summed E-state index contributed by atoms with van der Waals surface area (Å²) in [5.41, 5.74) is 8.02. The molecule has 0 aliphatic heterocycles. The van der Waals surface area contributed by atoms with Crippen LogP contribution in [-0.2, 0) is 0 Å². The zero-order valence-corrected chi connectivity index (χ0v) is 21.1. The lowest BCUT2D eigenvalue weighted by Crippen LogP contribution is -2.15. The van der Waals surface area contributed by atoms with Gasteiger partial charge in [0.1, 0.15) is 0 Å². The first-order valence-corrected chi connectivity index (χ1v) is 11.0. The van der Waals surface area contributed by atoms with Crippen molar-refractivity contribution in [1.29, 1.82) is 0 Å². The van der Waals surface area contributed by atoms with E-state index in [2.05, 4.69) is 85.7 Å². The van der Waals surface area contributed by atoms with Gasteiger partial charge < -0.3 is 5.32 Å². The average Bonchev–Trinajstić information content (AvgIpc) is 2.69. The largest absolute Gasteiger partial charge is 0.355 e. The van der Waals surface area contributed by atoms with Crippen LogP contribution in [-0.4, -0.2) is 0 Å². The average molecular weight is 408 g/mol. The second kappa shape index (κ2) is 13.1. The van der Waals surface area contributed by atoms with Crippen LogP contribution in [0.15, 0.2) is 95.5 Å². The molecule has 1 nitrogen and oxygen atoms in total. The summed E-state index contributed by atoms with van der Waals surface area (Å²) in [6, 6.07) is 0. The van der Waals surface area contributed by atoms with E-state index < -0.39 is 0 Å². The van der Waals surface area contributed by atoms with Gasteiger partial charge in [0.15, 0.2) is 0 Å². The van der Waals surface area contributed by atoms with Crippen molar-refractivity contribution in [3.8, 4) is 0 Å². The van der Waals surface area contributed by atoms with Crippen LogP contribution < -0.4 is 5.32 Å². The third-order valence-corrected chi connectivity index (χ3v) is 5.91. The van der Waals surface area contributed by atoms with Crippen LogP contribution in [0.2, 0.25) is 0 Å². The Bertz CT molecular complexity index is 775. The molecule has 0 heterocycles. The van der Waals surface area contributed by atoms with Gasteiger partial charge in [-0.05, 0) is 80.7 Å². The monoisotopic (exact) mass is 407 g/mol. The van der Waals surface area contributed by atoms with Crippen LogP contribution in [0.25, 0.3) is 0 Å². The second-order valence-electron chi connectivity index (χ2n) is 9.14. The van der Waals surface area contributed by atoms with Crippen LogP contribution in [0.4, 0.5) is 0 Å². The lowest BCUT2D eigenvalue weighted by Gasteiger charge is -2.27. The first kappa shape index (κ1) is 27.7. The van der Waals surface area contributed by atoms with Gasteiger partial charge in [-0.1, -0.05) is 89.8 Å². The van der Waals surface area contributed by atoms with Crippen LogP contribution >= 0.6 is 0 Å². The molecule has 0 saturated carbocycles. The maximum atomic E-state index is 4.16. The Morgan fingerprint density at radius 2 is 1.57 bits per heavy atom. The minimum Gasteiger partial charge on any atom is -0.355 e. The Morgan fingerprint density at radius 1 is 0.967 bits per heavy atom. The Labute approximate surface area is 187 Å². The maximum absolute atomic E-state index is 4.16. The van der Waals surface area contributed by atoms with Gasteiger partial charge in [-0.3, -0.25) is 0 Å². The molecule has 0 fully saturated rings. The summed E-state index contributed by atoms with van der Waals surface area (Å²) in [6.45, 7) is 32.1. The highest BCUT2D eigenvalue weighted by Gasteiger charge is 2.19. The lowest BCUT2D eigenvalue weighted by atomic mass is 9.79. The molecule has 0 spiro atoms. The van der Waals surface area contributed by atoms with E-state index in [1.54, 1.807) is 6.08 Å². The maximum Gasteiger partial charge on any atom is 0.0407 e. The van der Waals surface area contributed by atoms with Gasteiger partial charge in [-0.2, -0.15) is 0 Å². The van der Waals surface area contributed by atoms with Gasteiger partial charge in [-0.15, -0.1) is 0 Å². The van der Waals surface area contributed by atoms with Gasteiger partial charge >= 0.3 is 0 Å². The van der Waals surface area contributed by atoms with Crippen molar-refractivity contribution in [2.75, 3.05) is 0 Å². The van der Waals surface area contributed by atoms with E-state index in [9.17, 15) is 0 Å². The molecule has 30 heavy (non-hydrogen) atoms. The highest BCUT2D eigenvalue weighted by atomic mass is 14.9. The highest BCUT2D eigenvalue weighted by Crippen LogP contribution is 2.32. The Morgan fingerprint density at radius 3 is 2.07 bits per heavy atom. The number of hydrogen-bond acceptors (Lipinski definition) is 1. The molecule has 0 amide bonds. The van der Waals surface area contributed by atoms with E-state index in [-0.39, 0.29) is 0 Å². The molecule has 0 aromatic rings. The van der Waals surface area contributed by atoms with Gasteiger partial charge in [0, 0.05) is 11.4 Å².